The summed E-state index contributed by atoms with van der Waals surface area (Å²) in [5, 5.41) is 2.76. The predicted molar refractivity (Wildman–Crippen MR) is 149 cm³/mol. The first-order chi connectivity index (χ1) is 19.5. The first-order valence-corrected chi connectivity index (χ1v) is 17.3. The number of hydrogen-bond donors (Lipinski definition) is 4. The van der Waals surface area contributed by atoms with Crippen molar-refractivity contribution in [2.24, 2.45) is 10.7 Å². The van der Waals surface area contributed by atoms with Crippen LogP contribution in [0.4, 0.5) is 10.2 Å². The number of aliphatic imine (C=N–C) groups is 1. The van der Waals surface area contributed by atoms with E-state index in [1.165, 1.54) is 23.4 Å². The van der Waals surface area contributed by atoms with E-state index in [0.717, 1.165) is 0 Å². The molecule has 3 aliphatic rings. The number of nitrogens with two attached hydrogens (primary N) is 1. The summed E-state index contributed by atoms with van der Waals surface area (Å²) in [5.41, 5.74) is 7.54. The molecule has 0 saturated carbocycles. The van der Waals surface area contributed by atoms with E-state index in [-0.39, 0.29) is 25.0 Å². The molecule has 3 aromatic heterocycles. The van der Waals surface area contributed by atoms with Crippen molar-refractivity contribution in [3.8, 4) is 0 Å². The quantitative estimate of drug-likeness (QED) is 0.275. The molecule has 41 heavy (non-hydrogen) atoms. The van der Waals surface area contributed by atoms with Crippen LogP contribution >= 0.6 is 13.4 Å². The van der Waals surface area contributed by atoms with E-state index in [4.69, 9.17) is 52.2 Å². The van der Waals surface area contributed by atoms with Crippen molar-refractivity contribution in [1.82, 2.24) is 34.4 Å². The van der Waals surface area contributed by atoms with Crippen molar-refractivity contribution >= 4 is 65.7 Å². The molecule has 5 N–H and O–H groups in total. The predicted octanol–water partition coefficient (Wildman–Crippen LogP) is 1.25. The van der Waals surface area contributed by atoms with E-state index in [2.05, 4.69) is 36.8 Å². The second-order valence-corrected chi connectivity index (χ2v) is 14.7. The molecular formula is C20H24FN9O7P2S2. The van der Waals surface area contributed by atoms with Crippen molar-refractivity contribution in [2.45, 2.75) is 44.2 Å². The Morgan fingerprint density at radius 3 is 2.85 bits per heavy atom. The average molecular weight is 648 g/mol. The van der Waals surface area contributed by atoms with Gasteiger partial charge in [-0.15, -0.1) is 0 Å². The lowest BCUT2D eigenvalue weighted by Gasteiger charge is -2.26. The highest BCUT2D eigenvalue weighted by atomic mass is 32.5. The fourth-order valence-corrected chi connectivity index (χ4v) is 7.09. The highest BCUT2D eigenvalue weighted by Crippen LogP contribution is 2.52. The minimum Gasteiger partial charge on any atom is -0.369 e. The van der Waals surface area contributed by atoms with Crippen LogP contribution < -0.4 is 11.1 Å². The minimum absolute atomic E-state index is 0.0221. The van der Waals surface area contributed by atoms with Gasteiger partial charge in [-0.2, -0.15) is 4.99 Å². The smallest absolute Gasteiger partial charge is 0.325 e. The van der Waals surface area contributed by atoms with Gasteiger partial charge in [-0.25, -0.2) is 24.3 Å². The maximum absolute atomic E-state index is 15.9. The molecule has 21 heteroatoms. The van der Waals surface area contributed by atoms with Gasteiger partial charge in [0, 0.05) is 6.54 Å². The van der Waals surface area contributed by atoms with Gasteiger partial charge in [0.25, 0.3) is 0 Å². The fraction of sp³-hybridized carbons (Fsp3) is 0.450. The number of aromatic nitrogens is 6. The van der Waals surface area contributed by atoms with Gasteiger partial charge in [0.1, 0.15) is 42.2 Å². The summed E-state index contributed by atoms with van der Waals surface area (Å²) < 4.78 is 47.2. The van der Waals surface area contributed by atoms with Gasteiger partial charge < -0.3 is 43.7 Å². The van der Waals surface area contributed by atoms with E-state index in [0.29, 0.717) is 41.3 Å². The molecule has 1 fully saturated rings. The van der Waals surface area contributed by atoms with E-state index in [1.54, 1.807) is 4.57 Å². The number of rotatable bonds is 1. The summed E-state index contributed by atoms with van der Waals surface area (Å²) in [7, 11) is 0. The molecule has 220 valence electrons. The van der Waals surface area contributed by atoms with Gasteiger partial charge in [0.05, 0.1) is 31.4 Å². The van der Waals surface area contributed by atoms with Crippen LogP contribution in [-0.4, -0.2) is 76.4 Å². The summed E-state index contributed by atoms with van der Waals surface area (Å²) in [5.74, 6) is 0.595. The number of ether oxygens (including phenoxy) is 1. The van der Waals surface area contributed by atoms with E-state index >= 15 is 4.39 Å². The molecule has 0 spiro atoms. The van der Waals surface area contributed by atoms with Gasteiger partial charge in [0.15, 0.2) is 29.8 Å². The lowest BCUT2D eigenvalue weighted by molar-refractivity contribution is -0.0471. The van der Waals surface area contributed by atoms with Crippen LogP contribution in [0.15, 0.2) is 30.4 Å². The Kier molecular flexibility index (Phi) is 7.80. The van der Waals surface area contributed by atoms with Crippen LogP contribution in [0.2, 0.25) is 0 Å². The van der Waals surface area contributed by atoms with E-state index in [9.17, 15) is 9.79 Å². The summed E-state index contributed by atoms with van der Waals surface area (Å²) in [6.45, 7) is -4.42. The second-order valence-electron chi connectivity index (χ2n) is 9.11. The number of alkyl halides is 1. The van der Waals surface area contributed by atoms with Crippen LogP contribution in [0.25, 0.3) is 16.9 Å². The van der Waals surface area contributed by atoms with Gasteiger partial charge in [-0.1, -0.05) is 6.58 Å². The number of guanidine groups is 1. The third-order valence-corrected chi connectivity index (χ3v) is 9.54. The molecule has 3 aliphatic heterocycles. The standard InChI is InChI=1S/C20H24FN9O7P2S2/c1-10-15-18(28-20(22)26-10)30(9-25-15)19-16-14(21)12(36-19)6-34-38(31,40)33-4-2-3-29-13(7-35-39(32,41)37-16)27-11-5-23-8-24-17(11)29/h5,8-9,12,14,16,19H,1-4,6-7H2,(H,31,40)(H,32,41)(H3,22,26,28)/t12-,14-,16-,19-,38?,39?/m1/s1. The Morgan fingerprint density at radius 1 is 1.20 bits per heavy atom. The number of halogens is 1. The van der Waals surface area contributed by atoms with Gasteiger partial charge in [0.2, 0.25) is 0 Å². The molecule has 0 radical (unpaired) electrons. The van der Waals surface area contributed by atoms with Crippen molar-refractivity contribution < 1.29 is 37.0 Å². The number of imidazole rings is 2. The Morgan fingerprint density at radius 2 is 2.02 bits per heavy atom. The third-order valence-electron chi connectivity index (χ3n) is 6.38. The number of nitrogens with one attached hydrogen (secondary N) is 1. The molecule has 3 aromatic rings. The van der Waals surface area contributed by atoms with Gasteiger partial charge >= 0.3 is 13.4 Å². The maximum atomic E-state index is 15.9. The summed E-state index contributed by atoms with van der Waals surface area (Å²) in [4.78, 5) is 42.8. The largest absolute Gasteiger partial charge is 0.369 e. The number of fused-ring (bicyclic) bond motifs is 6. The van der Waals surface area contributed by atoms with Crippen LogP contribution in [0.3, 0.4) is 0 Å². The molecule has 2 unspecified atom stereocenters. The van der Waals surface area contributed by atoms with Crippen molar-refractivity contribution in [3.63, 3.8) is 0 Å². The molecule has 6 heterocycles. The molecule has 0 aromatic carbocycles. The summed E-state index contributed by atoms with van der Waals surface area (Å²) >= 11 is 10.4. The minimum atomic E-state index is -4.11. The topological polar surface area (TPSA) is 198 Å². The first kappa shape index (κ1) is 28.8. The molecule has 0 amide bonds. The van der Waals surface area contributed by atoms with Crippen molar-refractivity contribution in [3.05, 3.63) is 36.9 Å². The Balaban J connectivity index is 1.35. The van der Waals surface area contributed by atoms with E-state index < -0.39 is 44.7 Å². The number of hydrogen-bond acceptors (Lipinski definition) is 14. The van der Waals surface area contributed by atoms with Gasteiger partial charge in [-0.3, -0.25) is 9.09 Å². The zero-order valence-corrected chi connectivity index (χ0v) is 24.4. The van der Waals surface area contributed by atoms with Crippen LogP contribution in [-0.2, 0) is 59.6 Å². The normalized spacial score (nSPS) is 33.1. The summed E-state index contributed by atoms with van der Waals surface area (Å²) in [6.07, 6.45) is -1.42. The molecule has 16 nitrogen and oxygen atoms in total. The third kappa shape index (κ3) is 5.85. The molecule has 2 bridgehead atoms. The fourth-order valence-electron chi connectivity index (χ4n) is 4.59. The van der Waals surface area contributed by atoms with Crippen LogP contribution in [0.1, 0.15) is 24.2 Å². The lowest BCUT2D eigenvalue weighted by atomic mass is 10.1. The molecule has 1 saturated heterocycles. The SMILES string of the molecule is C=C1NC(N)=Nc2c1ncn2[C@@H]1O[C@@H]2COP(O)(=S)OCCCn3c(nc4cncnc43)COP(O)(=S)O[C@@H]1[C@@H]2F. The lowest BCUT2D eigenvalue weighted by Crippen LogP contribution is -2.33. The molecule has 0 aliphatic carbocycles. The molecular weight excluding hydrogens is 623 g/mol. The summed E-state index contributed by atoms with van der Waals surface area (Å²) in [6, 6.07) is 0. The highest BCUT2D eigenvalue weighted by molar-refractivity contribution is 8.07. The molecule has 6 atom stereocenters. The zero-order valence-electron chi connectivity index (χ0n) is 21.0. The maximum Gasteiger partial charge on any atom is 0.325 e. The van der Waals surface area contributed by atoms with Gasteiger partial charge in [-0.05, 0) is 30.0 Å². The average Bonchev–Trinajstić information content (AvgIpc) is 3.58. The van der Waals surface area contributed by atoms with E-state index in [1.807, 2.05) is 0 Å². The number of aryl methyl sites for hydroxylation is 1. The second kappa shape index (κ2) is 11.1. The van der Waals surface area contributed by atoms with Crippen LogP contribution in [0, 0.1) is 0 Å². The Labute approximate surface area is 241 Å². The van der Waals surface area contributed by atoms with Crippen molar-refractivity contribution in [2.75, 3.05) is 13.2 Å². The Bertz CT molecular complexity index is 1640. The highest BCUT2D eigenvalue weighted by Gasteiger charge is 2.51. The Hall–Kier alpha value is -2.28. The number of nitrogens with zero attached hydrogens (tertiary/aromatic N) is 7. The van der Waals surface area contributed by atoms with Crippen molar-refractivity contribution in [1.29, 1.82) is 0 Å². The monoisotopic (exact) mass is 647 g/mol. The molecule has 6 rings (SSSR count). The first-order valence-electron chi connectivity index (χ1n) is 12.1. The zero-order chi connectivity index (χ0) is 28.9. The van der Waals surface area contributed by atoms with Crippen LogP contribution in [0.5, 0.6) is 0 Å².